The van der Waals surface area contributed by atoms with Crippen molar-refractivity contribution in [3.05, 3.63) is 0 Å². The summed E-state index contributed by atoms with van der Waals surface area (Å²) in [5.41, 5.74) is 0. The van der Waals surface area contributed by atoms with E-state index in [4.69, 9.17) is 37.0 Å². The largest absolute Gasteiger partial charge is 0.472 e. The van der Waals surface area contributed by atoms with Gasteiger partial charge in [0, 0.05) is 25.7 Å². The van der Waals surface area contributed by atoms with Crippen LogP contribution in [0.1, 0.15) is 317 Å². The molecule has 3 N–H and O–H groups in total. The average Bonchev–Trinajstić information content (AvgIpc) is 3.46. The summed E-state index contributed by atoms with van der Waals surface area (Å²) in [5.74, 6) is -1.40. The van der Waals surface area contributed by atoms with Crippen LogP contribution < -0.4 is 0 Å². The number of carbonyl (C=O) groups excluding carboxylic acids is 4. The molecular weight excluding hydrogens is 1090 g/mol. The first-order valence-electron chi connectivity index (χ1n) is 33.1. The molecule has 0 rings (SSSR count). The summed E-state index contributed by atoms with van der Waals surface area (Å²) >= 11 is 0. The number of ether oxygens (including phenoxy) is 4. The Bertz CT molecular complexity index is 1600. The highest BCUT2D eigenvalue weighted by Gasteiger charge is 2.30. The van der Waals surface area contributed by atoms with Crippen LogP contribution in [0, 0.1) is 5.92 Å². The number of phosphoric ester groups is 2. The Kier molecular flexibility index (Phi) is 55.5. The topological polar surface area (TPSA) is 237 Å². The van der Waals surface area contributed by atoms with Crippen molar-refractivity contribution in [1.29, 1.82) is 0 Å². The molecule has 2 unspecified atom stereocenters. The van der Waals surface area contributed by atoms with E-state index in [0.717, 1.165) is 102 Å². The molecule has 0 aromatic rings. The second-order valence-electron chi connectivity index (χ2n) is 23.3. The van der Waals surface area contributed by atoms with Crippen LogP contribution in [0.3, 0.4) is 0 Å². The number of esters is 4. The van der Waals surface area contributed by atoms with Crippen LogP contribution >= 0.6 is 15.6 Å². The predicted octanol–water partition coefficient (Wildman–Crippen LogP) is 17.4. The zero-order valence-corrected chi connectivity index (χ0v) is 54.4. The van der Waals surface area contributed by atoms with E-state index in [1.807, 2.05) is 0 Å². The first kappa shape index (κ1) is 80.1. The molecule has 0 saturated heterocycles. The minimum absolute atomic E-state index is 0.105. The normalized spacial score (nSPS) is 14.3. The van der Waals surface area contributed by atoms with Gasteiger partial charge in [0.2, 0.25) is 0 Å². The van der Waals surface area contributed by atoms with Crippen molar-refractivity contribution in [2.75, 3.05) is 39.6 Å². The number of unbranched alkanes of at least 4 members (excludes halogenated alkanes) is 35. The summed E-state index contributed by atoms with van der Waals surface area (Å²) in [6.45, 7) is 7.08. The number of aliphatic hydroxyl groups excluding tert-OH is 1. The maximum absolute atomic E-state index is 13.0. The molecule has 17 nitrogen and oxygen atoms in total. The summed E-state index contributed by atoms with van der Waals surface area (Å²) in [6.07, 6.45) is 40.6. The zero-order chi connectivity index (χ0) is 60.6. The van der Waals surface area contributed by atoms with Gasteiger partial charge in [-0.2, -0.15) is 0 Å². The molecule has 0 aliphatic heterocycles. The summed E-state index contributed by atoms with van der Waals surface area (Å²) < 4.78 is 67.8. The molecule has 0 aliphatic carbocycles. The summed E-state index contributed by atoms with van der Waals surface area (Å²) in [7, 11) is -9.87. The predicted molar refractivity (Wildman–Crippen MR) is 326 cm³/mol. The van der Waals surface area contributed by atoms with Crippen LogP contribution in [0.25, 0.3) is 0 Å². The standard InChI is InChI=1S/C63H122O17P2/c1-6-9-12-15-17-19-21-22-23-24-25-29-34-39-44-49-63(68)80-59(53-74-61(66)47-42-37-32-30-26-27-31-36-40-45-56(4)5)55-78-82(71,72)76-51-57(64)50-75-81(69,70)77-54-58(52-73-60(65)46-41-35-14-11-8-3)79-62(67)48-43-38-33-28-20-18-16-13-10-7-2/h56-59,64H,6-55H2,1-5H3,(H,69,70)(H,71,72)/t57-,58+,59+/m0/s1. The molecule has 0 aliphatic rings. The van der Waals surface area contributed by atoms with Gasteiger partial charge in [0.25, 0.3) is 0 Å². The molecule has 0 aromatic heterocycles. The SMILES string of the molecule is CCCCCCCCCCCCCCCCCC(=O)O[C@H](COC(=O)CCCCCCCCCCCC(C)C)COP(=O)(O)OC[C@@H](O)COP(=O)(O)OC[C@@H](COC(=O)CCCCCCC)OC(=O)CCCCCCCCCCCC. The molecule has 0 saturated carbocycles. The summed E-state index contributed by atoms with van der Waals surface area (Å²) in [5, 5.41) is 10.5. The van der Waals surface area contributed by atoms with Crippen LogP contribution in [0.5, 0.6) is 0 Å². The second-order valence-corrected chi connectivity index (χ2v) is 26.2. The molecule has 0 spiro atoms. The Labute approximate surface area is 498 Å². The lowest BCUT2D eigenvalue weighted by Crippen LogP contribution is -2.30. The molecule has 82 heavy (non-hydrogen) atoms. The lowest BCUT2D eigenvalue weighted by atomic mass is 10.0. The minimum atomic E-state index is -4.94. The molecule has 19 heteroatoms. The Morgan fingerprint density at radius 3 is 0.829 bits per heavy atom. The van der Waals surface area contributed by atoms with Gasteiger partial charge in [0.15, 0.2) is 12.2 Å². The third-order valence-corrected chi connectivity index (χ3v) is 16.4. The molecule has 0 aromatic carbocycles. The number of carbonyl (C=O) groups is 4. The quantitative estimate of drug-likeness (QED) is 0.0222. The lowest BCUT2D eigenvalue weighted by Gasteiger charge is -2.21. The van der Waals surface area contributed by atoms with Crippen LogP contribution in [0.2, 0.25) is 0 Å². The molecular formula is C63H122O17P2. The molecule has 0 heterocycles. The molecule has 0 fully saturated rings. The highest BCUT2D eigenvalue weighted by atomic mass is 31.2. The monoisotopic (exact) mass is 1210 g/mol. The van der Waals surface area contributed by atoms with E-state index in [1.165, 1.54) is 135 Å². The maximum atomic E-state index is 13.0. The van der Waals surface area contributed by atoms with Crippen molar-refractivity contribution in [3.8, 4) is 0 Å². The Balaban J connectivity index is 5.17. The molecule has 5 atom stereocenters. The van der Waals surface area contributed by atoms with E-state index in [-0.39, 0.29) is 25.7 Å². The number of hydrogen-bond acceptors (Lipinski definition) is 15. The molecule has 0 radical (unpaired) electrons. The van der Waals surface area contributed by atoms with Crippen LogP contribution in [-0.4, -0.2) is 96.7 Å². The van der Waals surface area contributed by atoms with E-state index in [1.54, 1.807) is 0 Å². The lowest BCUT2D eigenvalue weighted by molar-refractivity contribution is -0.161. The summed E-state index contributed by atoms with van der Waals surface area (Å²) in [4.78, 5) is 71.9. The van der Waals surface area contributed by atoms with Crippen LogP contribution in [0.4, 0.5) is 0 Å². The Morgan fingerprint density at radius 1 is 0.329 bits per heavy atom. The fraction of sp³-hybridized carbons (Fsp3) is 0.937. The molecule has 486 valence electrons. The number of phosphoric acid groups is 2. The first-order valence-corrected chi connectivity index (χ1v) is 36.1. The van der Waals surface area contributed by atoms with Gasteiger partial charge in [-0.3, -0.25) is 37.3 Å². The number of aliphatic hydroxyl groups is 1. The van der Waals surface area contributed by atoms with E-state index >= 15 is 0 Å². The number of rotatable bonds is 63. The van der Waals surface area contributed by atoms with Crippen molar-refractivity contribution in [2.45, 2.75) is 335 Å². The van der Waals surface area contributed by atoms with Crippen molar-refractivity contribution >= 4 is 39.5 Å². The van der Waals surface area contributed by atoms with Crippen molar-refractivity contribution in [3.63, 3.8) is 0 Å². The Hall–Kier alpha value is -1.94. The summed E-state index contributed by atoms with van der Waals surface area (Å²) in [6, 6.07) is 0. The van der Waals surface area contributed by atoms with E-state index in [9.17, 15) is 43.2 Å². The second kappa shape index (κ2) is 56.8. The third-order valence-electron chi connectivity index (χ3n) is 14.5. The minimum Gasteiger partial charge on any atom is -0.462 e. The van der Waals surface area contributed by atoms with Gasteiger partial charge in [0.1, 0.15) is 19.3 Å². The molecule has 0 amide bonds. The highest BCUT2D eigenvalue weighted by molar-refractivity contribution is 7.47. The van der Waals surface area contributed by atoms with Gasteiger partial charge in [-0.1, -0.05) is 266 Å². The third kappa shape index (κ3) is 57.2. The van der Waals surface area contributed by atoms with E-state index < -0.39 is 97.5 Å². The van der Waals surface area contributed by atoms with E-state index in [0.29, 0.717) is 25.7 Å². The van der Waals surface area contributed by atoms with Gasteiger partial charge in [-0.05, 0) is 31.6 Å². The first-order chi connectivity index (χ1) is 39.5. The van der Waals surface area contributed by atoms with Gasteiger partial charge in [-0.25, -0.2) is 9.13 Å². The van der Waals surface area contributed by atoms with Crippen LogP contribution in [0.15, 0.2) is 0 Å². The smallest absolute Gasteiger partial charge is 0.462 e. The molecule has 0 bridgehead atoms. The fourth-order valence-corrected chi connectivity index (χ4v) is 11.0. The average molecular weight is 1210 g/mol. The number of hydrogen-bond donors (Lipinski definition) is 3. The van der Waals surface area contributed by atoms with Gasteiger partial charge < -0.3 is 33.8 Å². The van der Waals surface area contributed by atoms with E-state index in [2.05, 4.69) is 34.6 Å². The van der Waals surface area contributed by atoms with Gasteiger partial charge in [-0.15, -0.1) is 0 Å². The van der Waals surface area contributed by atoms with Crippen molar-refractivity contribution in [1.82, 2.24) is 0 Å². The van der Waals surface area contributed by atoms with Crippen LogP contribution in [-0.2, 0) is 65.4 Å². The highest BCUT2D eigenvalue weighted by Crippen LogP contribution is 2.45. The zero-order valence-electron chi connectivity index (χ0n) is 52.6. The van der Waals surface area contributed by atoms with Crippen molar-refractivity contribution in [2.24, 2.45) is 5.92 Å². The Morgan fingerprint density at radius 2 is 0.561 bits per heavy atom. The van der Waals surface area contributed by atoms with Gasteiger partial charge in [0.05, 0.1) is 26.4 Å². The maximum Gasteiger partial charge on any atom is 0.472 e. The fourth-order valence-electron chi connectivity index (χ4n) is 9.41. The van der Waals surface area contributed by atoms with Crippen molar-refractivity contribution < 1.29 is 80.2 Å². The van der Waals surface area contributed by atoms with Gasteiger partial charge >= 0.3 is 39.5 Å².